The highest BCUT2D eigenvalue weighted by molar-refractivity contribution is 6.37. The average Bonchev–Trinajstić information content (AvgIpc) is 3.17. The van der Waals surface area contributed by atoms with Gasteiger partial charge < -0.3 is 15.4 Å². The van der Waals surface area contributed by atoms with E-state index in [4.69, 9.17) is 4.74 Å². The molecule has 1 amide bonds. The van der Waals surface area contributed by atoms with Crippen molar-refractivity contribution >= 4 is 40.2 Å². The van der Waals surface area contributed by atoms with Crippen LogP contribution in [0.2, 0.25) is 0 Å². The minimum atomic E-state index is -0.823. The molecule has 9 heteroatoms. The lowest BCUT2D eigenvalue weighted by atomic mass is 9.84. The maximum absolute atomic E-state index is 13.0. The lowest BCUT2D eigenvalue weighted by molar-refractivity contribution is -0.384. The number of nitrogens with one attached hydrogen (secondary N) is 2. The standard InChI is InChI=1S/C25H22N4O5/c1-25(2,24(31)34-3)16-6-8-17(9-7-16)27-22(15-5-4-12-26-14-15)21-19-11-10-18(29(32)33)13-20(19)28-23(21)30/h4-14,27H,1-3H3,(H,28,30)/b22-21-. The second kappa shape index (κ2) is 8.78. The van der Waals surface area contributed by atoms with Crippen LogP contribution in [0.1, 0.15) is 30.5 Å². The second-order valence-corrected chi connectivity index (χ2v) is 8.25. The predicted molar refractivity (Wildman–Crippen MR) is 128 cm³/mol. The van der Waals surface area contributed by atoms with Gasteiger partial charge in [-0.05, 0) is 49.7 Å². The monoisotopic (exact) mass is 458 g/mol. The number of hydrogen-bond donors (Lipinski definition) is 2. The molecule has 172 valence electrons. The number of ether oxygens (including phenoxy) is 1. The molecule has 0 saturated heterocycles. The van der Waals surface area contributed by atoms with E-state index in [1.807, 2.05) is 18.2 Å². The molecular weight excluding hydrogens is 436 g/mol. The highest BCUT2D eigenvalue weighted by atomic mass is 16.6. The average molecular weight is 458 g/mol. The summed E-state index contributed by atoms with van der Waals surface area (Å²) in [5, 5.41) is 17.2. The lowest BCUT2D eigenvalue weighted by Gasteiger charge is -2.22. The van der Waals surface area contributed by atoms with Crippen molar-refractivity contribution in [2.45, 2.75) is 19.3 Å². The van der Waals surface area contributed by atoms with Crippen molar-refractivity contribution < 1.29 is 19.2 Å². The Bertz CT molecular complexity index is 1310. The number of carbonyl (C=O) groups excluding carboxylic acids is 2. The maximum Gasteiger partial charge on any atom is 0.315 e. The number of carbonyl (C=O) groups is 2. The highest BCUT2D eigenvalue weighted by Crippen LogP contribution is 2.39. The third kappa shape index (κ3) is 4.11. The van der Waals surface area contributed by atoms with Crippen molar-refractivity contribution in [3.05, 3.63) is 93.8 Å². The Kier molecular flexibility index (Phi) is 5.85. The summed E-state index contributed by atoms with van der Waals surface area (Å²) in [6, 6.07) is 15.1. The van der Waals surface area contributed by atoms with E-state index in [9.17, 15) is 19.7 Å². The van der Waals surface area contributed by atoms with Crippen LogP contribution in [0.4, 0.5) is 17.1 Å². The van der Waals surface area contributed by atoms with Crippen molar-refractivity contribution in [2.24, 2.45) is 0 Å². The molecule has 1 aromatic heterocycles. The summed E-state index contributed by atoms with van der Waals surface area (Å²) in [7, 11) is 1.35. The van der Waals surface area contributed by atoms with Crippen LogP contribution in [0.3, 0.4) is 0 Å². The zero-order valence-corrected chi connectivity index (χ0v) is 18.8. The van der Waals surface area contributed by atoms with Gasteiger partial charge in [0.2, 0.25) is 0 Å². The van der Waals surface area contributed by atoms with Gasteiger partial charge in [0.1, 0.15) is 0 Å². The minimum Gasteiger partial charge on any atom is -0.468 e. The summed E-state index contributed by atoms with van der Waals surface area (Å²) in [6.07, 6.45) is 3.25. The number of nitro groups is 1. The Balaban J connectivity index is 1.78. The fourth-order valence-electron chi connectivity index (χ4n) is 3.80. The van der Waals surface area contributed by atoms with Crippen molar-refractivity contribution in [2.75, 3.05) is 17.7 Å². The number of amides is 1. The number of fused-ring (bicyclic) bond motifs is 1. The first-order valence-corrected chi connectivity index (χ1v) is 10.4. The molecule has 2 N–H and O–H groups in total. The molecule has 0 fully saturated rings. The number of esters is 1. The van der Waals surface area contributed by atoms with Gasteiger partial charge in [-0.2, -0.15) is 0 Å². The first kappa shape index (κ1) is 22.7. The van der Waals surface area contributed by atoms with E-state index < -0.39 is 10.3 Å². The fraction of sp³-hybridized carbons (Fsp3) is 0.160. The van der Waals surface area contributed by atoms with Gasteiger partial charge in [-0.15, -0.1) is 0 Å². The Morgan fingerprint density at radius 2 is 1.88 bits per heavy atom. The summed E-state index contributed by atoms with van der Waals surface area (Å²) >= 11 is 0. The van der Waals surface area contributed by atoms with Gasteiger partial charge in [-0.3, -0.25) is 24.7 Å². The van der Waals surface area contributed by atoms with E-state index in [0.29, 0.717) is 33.8 Å². The SMILES string of the molecule is COC(=O)C(C)(C)c1ccc(N/C(=C2\C(=O)Nc3cc([N+](=O)[O-])ccc32)c2cccnc2)cc1. The Hall–Kier alpha value is -4.53. The van der Waals surface area contributed by atoms with Gasteiger partial charge in [-0.1, -0.05) is 12.1 Å². The summed E-state index contributed by atoms with van der Waals surface area (Å²) < 4.78 is 4.90. The van der Waals surface area contributed by atoms with Crippen LogP contribution >= 0.6 is 0 Å². The second-order valence-electron chi connectivity index (χ2n) is 8.25. The summed E-state index contributed by atoms with van der Waals surface area (Å²) in [5.74, 6) is -0.731. The molecule has 0 atom stereocenters. The molecule has 3 aromatic rings. The van der Waals surface area contributed by atoms with E-state index >= 15 is 0 Å². The molecular formula is C25H22N4O5. The molecule has 9 nitrogen and oxygen atoms in total. The normalized spacial score (nSPS) is 14.1. The summed E-state index contributed by atoms with van der Waals surface area (Å²) in [6.45, 7) is 3.56. The van der Waals surface area contributed by atoms with Crippen LogP contribution in [-0.2, 0) is 19.7 Å². The number of hydrogen-bond acceptors (Lipinski definition) is 7. The minimum absolute atomic E-state index is 0.111. The van der Waals surface area contributed by atoms with Gasteiger partial charge in [0, 0.05) is 41.3 Å². The quantitative estimate of drug-likeness (QED) is 0.243. The zero-order valence-electron chi connectivity index (χ0n) is 18.8. The topological polar surface area (TPSA) is 123 Å². The highest BCUT2D eigenvalue weighted by Gasteiger charge is 2.32. The molecule has 1 aliphatic heterocycles. The molecule has 34 heavy (non-hydrogen) atoms. The van der Waals surface area contributed by atoms with Crippen LogP contribution < -0.4 is 10.6 Å². The number of rotatable bonds is 6. The largest absolute Gasteiger partial charge is 0.468 e. The van der Waals surface area contributed by atoms with E-state index in [2.05, 4.69) is 15.6 Å². The number of nitrogens with zero attached hydrogens (tertiary/aromatic N) is 2. The number of anilines is 2. The molecule has 4 rings (SSSR count). The summed E-state index contributed by atoms with van der Waals surface area (Å²) in [4.78, 5) is 39.9. The zero-order chi connectivity index (χ0) is 24.5. The van der Waals surface area contributed by atoms with Gasteiger partial charge in [0.25, 0.3) is 11.6 Å². The number of nitro benzene ring substituents is 1. The lowest BCUT2D eigenvalue weighted by Crippen LogP contribution is -2.30. The number of aromatic nitrogens is 1. The van der Waals surface area contributed by atoms with Crippen LogP contribution in [-0.4, -0.2) is 28.9 Å². The molecule has 2 aromatic carbocycles. The molecule has 0 aliphatic carbocycles. The van der Waals surface area contributed by atoms with Crippen molar-refractivity contribution in [3.63, 3.8) is 0 Å². The number of methoxy groups -OCH3 is 1. The molecule has 0 unspecified atom stereocenters. The van der Waals surface area contributed by atoms with Crippen LogP contribution in [0.15, 0.2) is 67.0 Å². The Labute approximate surface area is 195 Å². The van der Waals surface area contributed by atoms with Crippen molar-refractivity contribution in [1.82, 2.24) is 4.98 Å². The van der Waals surface area contributed by atoms with Gasteiger partial charge in [-0.25, -0.2) is 0 Å². The molecule has 0 radical (unpaired) electrons. The summed E-state index contributed by atoms with van der Waals surface area (Å²) in [5.41, 5.74) is 2.94. The molecule has 1 aliphatic rings. The van der Waals surface area contributed by atoms with Gasteiger partial charge in [0.15, 0.2) is 0 Å². The molecule has 0 spiro atoms. The third-order valence-corrected chi connectivity index (χ3v) is 5.73. The fourth-order valence-corrected chi connectivity index (χ4v) is 3.80. The molecule has 0 saturated carbocycles. The smallest absolute Gasteiger partial charge is 0.315 e. The van der Waals surface area contributed by atoms with Crippen LogP contribution in [0.25, 0.3) is 11.3 Å². The van der Waals surface area contributed by atoms with E-state index in [-0.39, 0.29) is 17.6 Å². The first-order chi connectivity index (χ1) is 16.2. The number of benzene rings is 2. The number of non-ortho nitro benzene ring substituents is 1. The first-order valence-electron chi connectivity index (χ1n) is 10.4. The van der Waals surface area contributed by atoms with Crippen LogP contribution in [0, 0.1) is 10.1 Å². The predicted octanol–water partition coefficient (Wildman–Crippen LogP) is 4.37. The number of pyridine rings is 1. The molecule has 2 heterocycles. The maximum atomic E-state index is 13.0. The molecule has 0 bridgehead atoms. The van der Waals surface area contributed by atoms with Crippen molar-refractivity contribution in [1.29, 1.82) is 0 Å². The van der Waals surface area contributed by atoms with E-state index in [1.165, 1.54) is 19.2 Å². The van der Waals surface area contributed by atoms with Crippen molar-refractivity contribution in [3.8, 4) is 0 Å². The Morgan fingerprint density at radius 1 is 1.15 bits per heavy atom. The third-order valence-electron chi connectivity index (χ3n) is 5.73. The van der Waals surface area contributed by atoms with Gasteiger partial charge >= 0.3 is 5.97 Å². The van der Waals surface area contributed by atoms with Gasteiger partial charge in [0.05, 0.1) is 34.4 Å². The van der Waals surface area contributed by atoms with E-state index in [1.54, 1.807) is 50.5 Å². The van der Waals surface area contributed by atoms with E-state index in [0.717, 1.165) is 5.56 Å². The van der Waals surface area contributed by atoms with Crippen LogP contribution in [0.5, 0.6) is 0 Å². The Morgan fingerprint density at radius 3 is 2.50 bits per heavy atom.